The van der Waals surface area contributed by atoms with Crippen LogP contribution < -0.4 is 10.1 Å². The van der Waals surface area contributed by atoms with Gasteiger partial charge in [-0.3, -0.25) is 0 Å². The monoisotopic (exact) mass is 303 g/mol. The van der Waals surface area contributed by atoms with E-state index >= 15 is 0 Å². The van der Waals surface area contributed by atoms with Gasteiger partial charge in [-0.25, -0.2) is 0 Å². The minimum absolute atomic E-state index is 0.388. The zero-order valence-electron chi connectivity index (χ0n) is 11.5. The second-order valence-corrected chi connectivity index (χ2v) is 4.85. The van der Waals surface area contributed by atoms with Gasteiger partial charge in [-0.2, -0.15) is 19.6 Å². The van der Waals surface area contributed by atoms with Crippen LogP contribution in [0.2, 0.25) is 5.15 Å². The van der Waals surface area contributed by atoms with Gasteiger partial charge in [0.15, 0.2) is 0 Å². The van der Waals surface area contributed by atoms with Gasteiger partial charge in [0, 0.05) is 12.6 Å². The van der Waals surface area contributed by atoms with Crippen molar-refractivity contribution in [2.24, 2.45) is 0 Å². The fourth-order valence-corrected chi connectivity index (χ4v) is 2.25. The third-order valence-corrected chi connectivity index (χ3v) is 3.27. The molecule has 0 aliphatic heterocycles. The summed E-state index contributed by atoms with van der Waals surface area (Å²) in [5, 5.41) is 7.80. The Labute approximate surface area is 126 Å². The minimum Gasteiger partial charge on any atom is -0.497 e. The summed E-state index contributed by atoms with van der Waals surface area (Å²) in [7, 11) is 1.66. The number of hydrogen-bond acceptors (Lipinski definition) is 5. The molecule has 0 unspecified atom stereocenters. The zero-order valence-corrected chi connectivity index (χ0v) is 12.2. The van der Waals surface area contributed by atoms with Gasteiger partial charge in [0.25, 0.3) is 5.78 Å². The SMILES string of the molecule is COc1cccc(CCNc2cc(Cl)nc3ncnn23)c1. The lowest BCUT2D eigenvalue weighted by Crippen LogP contribution is -2.09. The molecule has 0 saturated carbocycles. The normalized spacial score (nSPS) is 10.8. The molecule has 21 heavy (non-hydrogen) atoms. The Bertz CT molecular complexity index is 758. The first-order chi connectivity index (χ1) is 10.3. The predicted molar refractivity (Wildman–Crippen MR) is 81.0 cm³/mol. The van der Waals surface area contributed by atoms with E-state index in [2.05, 4.69) is 26.4 Å². The van der Waals surface area contributed by atoms with Crippen molar-refractivity contribution in [1.29, 1.82) is 0 Å². The summed E-state index contributed by atoms with van der Waals surface area (Å²) >= 11 is 5.97. The lowest BCUT2D eigenvalue weighted by Gasteiger charge is -2.09. The van der Waals surface area contributed by atoms with Crippen molar-refractivity contribution in [3.63, 3.8) is 0 Å². The average molecular weight is 304 g/mol. The molecule has 0 bridgehead atoms. The van der Waals surface area contributed by atoms with Crippen LogP contribution in [0, 0.1) is 0 Å². The van der Waals surface area contributed by atoms with E-state index in [1.54, 1.807) is 17.7 Å². The van der Waals surface area contributed by atoms with E-state index < -0.39 is 0 Å². The molecule has 0 atom stereocenters. The number of methoxy groups -OCH3 is 1. The van der Waals surface area contributed by atoms with E-state index in [9.17, 15) is 0 Å². The molecule has 2 heterocycles. The molecule has 0 spiro atoms. The van der Waals surface area contributed by atoms with Crippen LogP contribution in [0.3, 0.4) is 0 Å². The van der Waals surface area contributed by atoms with Gasteiger partial charge in [0.05, 0.1) is 7.11 Å². The molecule has 0 saturated heterocycles. The van der Waals surface area contributed by atoms with Gasteiger partial charge in [-0.1, -0.05) is 23.7 Å². The van der Waals surface area contributed by atoms with E-state index in [-0.39, 0.29) is 0 Å². The largest absolute Gasteiger partial charge is 0.497 e. The van der Waals surface area contributed by atoms with Gasteiger partial charge in [-0.05, 0) is 24.1 Å². The van der Waals surface area contributed by atoms with Gasteiger partial charge >= 0.3 is 0 Å². The van der Waals surface area contributed by atoms with Gasteiger partial charge in [0.1, 0.15) is 23.0 Å². The van der Waals surface area contributed by atoms with Crippen molar-refractivity contribution in [2.75, 3.05) is 19.0 Å². The highest BCUT2D eigenvalue weighted by Gasteiger charge is 2.06. The van der Waals surface area contributed by atoms with Crippen LogP contribution in [0.15, 0.2) is 36.7 Å². The number of rotatable bonds is 5. The van der Waals surface area contributed by atoms with Crippen LogP contribution in [-0.4, -0.2) is 33.2 Å². The van der Waals surface area contributed by atoms with Crippen molar-refractivity contribution in [1.82, 2.24) is 19.6 Å². The molecule has 108 valence electrons. The number of halogens is 1. The molecule has 0 fully saturated rings. The maximum Gasteiger partial charge on any atom is 0.255 e. The Morgan fingerprint density at radius 1 is 1.33 bits per heavy atom. The number of hydrogen-bond donors (Lipinski definition) is 1. The first-order valence-corrected chi connectivity index (χ1v) is 6.87. The first kappa shape index (κ1) is 13.6. The van der Waals surface area contributed by atoms with Crippen LogP contribution in [0.1, 0.15) is 5.56 Å². The van der Waals surface area contributed by atoms with Crippen molar-refractivity contribution in [2.45, 2.75) is 6.42 Å². The summed E-state index contributed by atoms with van der Waals surface area (Å²) in [6, 6.07) is 9.72. The number of fused-ring (bicyclic) bond motifs is 1. The number of nitrogens with one attached hydrogen (secondary N) is 1. The summed E-state index contributed by atoms with van der Waals surface area (Å²) in [6.45, 7) is 0.739. The van der Waals surface area contributed by atoms with Crippen molar-refractivity contribution in [3.05, 3.63) is 47.4 Å². The van der Waals surface area contributed by atoms with Crippen LogP contribution in [-0.2, 0) is 6.42 Å². The average Bonchev–Trinajstić information content (AvgIpc) is 2.95. The molecule has 0 amide bonds. The van der Waals surface area contributed by atoms with E-state index in [1.807, 2.05) is 18.2 Å². The molecule has 0 aliphatic carbocycles. The first-order valence-electron chi connectivity index (χ1n) is 6.49. The fraction of sp³-hybridized carbons (Fsp3) is 0.214. The van der Waals surface area contributed by atoms with E-state index in [0.29, 0.717) is 10.9 Å². The Balaban J connectivity index is 1.70. The minimum atomic E-state index is 0.388. The summed E-state index contributed by atoms with van der Waals surface area (Å²) in [5.74, 6) is 2.11. The summed E-state index contributed by atoms with van der Waals surface area (Å²) in [5.41, 5.74) is 1.19. The van der Waals surface area contributed by atoms with Gasteiger partial charge < -0.3 is 10.1 Å². The highest BCUT2D eigenvalue weighted by Crippen LogP contribution is 2.16. The molecule has 2 aromatic heterocycles. The molecule has 1 aromatic carbocycles. The molecular weight excluding hydrogens is 290 g/mol. The van der Waals surface area contributed by atoms with Crippen molar-refractivity contribution in [3.8, 4) is 5.75 Å². The van der Waals surface area contributed by atoms with Crippen LogP contribution in [0.4, 0.5) is 5.82 Å². The smallest absolute Gasteiger partial charge is 0.255 e. The third kappa shape index (κ3) is 3.05. The predicted octanol–water partition coefficient (Wildman–Crippen LogP) is 2.44. The van der Waals surface area contributed by atoms with Crippen LogP contribution in [0.25, 0.3) is 5.78 Å². The number of ether oxygens (including phenoxy) is 1. The Hall–Kier alpha value is -2.34. The quantitative estimate of drug-likeness (QED) is 0.733. The Morgan fingerprint density at radius 3 is 3.10 bits per heavy atom. The maximum absolute atomic E-state index is 5.97. The van der Waals surface area contributed by atoms with Gasteiger partial charge in [0.2, 0.25) is 0 Å². The van der Waals surface area contributed by atoms with Crippen molar-refractivity contribution < 1.29 is 4.74 Å². The molecule has 1 N–H and O–H groups in total. The highest BCUT2D eigenvalue weighted by atomic mass is 35.5. The lowest BCUT2D eigenvalue weighted by molar-refractivity contribution is 0.414. The topological polar surface area (TPSA) is 64.3 Å². The molecule has 3 aromatic rings. The second-order valence-electron chi connectivity index (χ2n) is 4.46. The van der Waals surface area contributed by atoms with E-state index in [4.69, 9.17) is 16.3 Å². The van der Waals surface area contributed by atoms with Crippen LogP contribution in [0.5, 0.6) is 5.75 Å². The number of anilines is 1. The molecule has 7 heteroatoms. The zero-order chi connectivity index (χ0) is 14.7. The maximum atomic E-state index is 5.97. The number of benzene rings is 1. The van der Waals surface area contributed by atoms with E-state index in [1.165, 1.54) is 11.9 Å². The van der Waals surface area contributed by atoms with Gasteiger partial charge in [-0.15, -0.1) is 0 Å². The molecular formula is C14H14ClN5O. The summed E-state index contributed by atoms with van der Waals surface area (Å²) in [6.07, 6.45) is 2.30. The third-order valence-electron chi connectivity index (χ3n) is 3.07. The Kier molecular flexibility index (Phi) is 3.87. The van der Waals surface area contributed by atoms with Crippen LogP contribution >= 0.6 is 11.6 Å². The lowest BCUT2D eigenvalue weighted by atomic mass is 10.1. The highest BCUT2D eigenvalue weighted by molar-refractivity contribution is 6.29. The molecule has 0 radical (unpaired) electrons. The van der Waals surface area contributed by atoms with E-state index in [0.717, 1.165) is 24.5 Å². The second kappa shape index (κ2) is 5.97. The fourth-order valence-electron chi connectivity index (χ4n) is 2.07. The van der Waals surface area contributed by atoms with Crippen molar-refractivity contribution >= 4 is 23.2 Å². The molecule has 6 nitrogen and oxygen atoms in total. The Morgan fingerprint density at radius 2 is 2.24 bits per heavy atom. The molecule has 3 rings (SSSR count). The number of nitrogens with zero attached hydrogens (tertiary/aromatic N) is 4. The standard InChI is InChI=1S/C14H14ClN5O/c1-21-11-4-2-3-10(7-11)5-6-16-13-8-12(15)19-14-17-9-18-20(13)14/h2-4,7-9,16H,5-6H2,1H3. The number of aromatic nitrogens is 4. The summed E-state index contributed by atoms with van der Waals surface area (Å²) < 4.78 is 6.84. The summed E-state index contributed by atoms with van der Waals surface area (Å²) in [4.78, 5) is 8.11. The molecule has 0 aliphatic rings.